The molecule has 0 fully saturated rings. The number of carbonyl (C=O) groups is 3. The molecule has 1 N–H and O–H groups in total. The first kappa shape index (κ1) is 14.9. The Morgan fingerprint density at radius 2 is 1.74 bits per heavy atom. The zero-order chi connectivity index (χ0) is 14.4. The smallest absolute Gasteiger partial charge is 0.326 e. The first-order valence-electron chi connectivity index (χ1n) is 6.00. The molecule has 1 rings (SSSR count). The molecule has 0 bridgehead atoms. The van der Waals surface area contributed by atoms with E-state index in [2.05, 4.69) is 0 Å². The Morgan fingerprint density at radius 3 is 2.26 bits per heavy atom. The molecule has 0 aliphatic carbocycles. The molecule has 0 aromatic heterocycles. The summed E-state index contributed by atoms with van der Waals surface area (Å²) < 4.78 is 0. The van der Waals surface area contributed by atoms with E-state index >= 15 is 0 Å². The lowest BCUT2D eigenvalue weighted by Gasteiger charge is -2.21. The highest BCUT2D eigenvalue weighted by atomic mass is 16.4. The predicted octanol–water partition coefficient (Wildman–Crippen LogP) is 1.58. The van der Waals surface area contributed by atoms with E-state index < -0.39 is 12.0 Å². The van der Waals surface area contributed by atoms with Crippen LogP contribution in [0.1, 0.15) is 30.1 Å². The van der Waals surface area contributed by atoms with Gasteiger partial charge in [-0.2, -0.15) is 0 Å². The van der Waals surface area contributed by atoms with E-state index in [4.69, 9.17) is 5.11 Å². The fraction of sp³-hybridized carbons (Fsp3) is 0.357. The van der Waals surface area contributed by atoms with Crippen molar-refractivity contribution in [1.29, 1.82) is 0 Å². The van der Waals surface area contributed by atoms with Crippen LogP contribution in [0.25, 0.3) is 0 Å². The van der Waals surface area contributed by atoms with Gasteiger partial charge in [0.15, 0.2) is 5.78 Å². The van der Waals surface area contributed by atoms with Gasteiger partial charge in [0.2, 0.25) is 5.91 Å². The van der Waals surface area contributed by atoms with E-state index in [9.17, 15) is 14.4 Å². The normalized spacial score (nSPS) is 11.7. The topological polar surface area (TPSA) is 74.7 Å². The van der Waals surface area contributed by atoms with E-state index in [-0.39, 0.29) is 24.5 Å². The summed E-state index contributed by atoms with van der Waals surface area (Å²) in [7, 11) is 1.42. The Bertz CT molecular complexity index is 470. The summed E-state index contributed by atoms with van der Waals surface area (Å²) in [5, 5.41) is 8.80. The van der Waals surface area contributed by atoms with Crippen molar-refractivity contribution in [3.63, 3.8) is 0 Å². The maximum Gasteiger partial charge on any atom is 0.326 e. The van der Waals surface area contributed by atoms with Gasteiger partial charge in [0.1, 0.15) is 6.04 Å². The highest BCUT2D eigenvalue weighted by Crippen LogP contribution is 2.07. The van der Waals surface area contributed by atoms with Crippen LogP contribution in [0.4, 0.5) is 0 Å². The zero-order valence-corrected chi connectivity index (χ0v) is 11.0. The molecule has 1 amide bonds. The number of carboxylic acids is 1. The van der Waals surface area contributed by atoms with Gasteiger partial charge in [-0.3, -0.25) is 9.59 Å². The molecule has 1 aromatic carbocycles. The number of likely N-dealkylation sites (N-methyl/N-ethyl adjacent to an activating group) is 1. The summed E-state index contributed by atoms with van der Waals surface area (Å²) in [4.78, 5) is 35.4. The Kier molecular flexibility index (Phi) is 5.23. The van der Waals surface area contributed by atoms with Crippen molar-refractivity contribution in [1.82, 2.24) is 4.90 Å². The van der Waals surface area contributed by atoms with E-state index in [1.165, 1.54) is 14.0 Å². The van der Waals surface area contributed by atoms with Gasteiger partial charge in [0.25, 0.3) is 0 Å². The molecule has 0 heterocycles. The van der Waals surface area contributed by atoms with E-state index in [1.54, 1.807) is 24.3 Å². The molecule has 102 valence electrons. The number of carbonyl (C=O) groups excluding carboxylic acids is 2. The first-order chi connectivity index (χ1) is 8.93. The van der Waals surface area contributed by atoms with Crippen molar-refractivity contribution in [2.24, 2.45) is 0 Å². The number of Topliss-reactive ketones (excluding diaryl/α,β-unsaturated/α-hetero) is 1. The van der Waals surface area contributed by atoms with Crippen LogP contribution in [0, 0.1) is 0 Å². The molecule has 1 atom stereocenters. The van der Waals surface area contributed by atoms with Gasteiger partial charge in [-0.25, -0.2) is 4.79 Å². The van der Waals surface area contributed by atoms with Crippen molar-refractivity contribution in [3.8, 4) is 0 Å². The van der Waals surface area contributed by atoms with Crippen molar-refractivity contribution in [2.45, 2.75) is 25.8 Å². The van der Waals surface area contributed by atoms with Crippen LogP contribution in [-0.2, 0) is 9.59 Å². The van der Waals surface area contributed by atoms with Crippen LogP contribution >= 0.6 is 0 Å². The quantitative estimate of drug-likeness (QED) is 0.791. The van der Waals surface area contributed by atoms with Crippen LogP contribution in [-0.4, -0.2) is 40.8 Å². The highest BCUT2D eigenvalue weighted by Gasteiger charge is 2.21. The van der Waals surface area contributed by atoms with Crippen molar-refractivity contribution in [2.75, 3.05) is 7.05 Å². The highest BCUT2D eigenvalue weighted by molar-refractivity contribution is 5.98. The SMILES string of the molecule is CC(C(=O)O)N(C)C(=O)CCC(=O)c1ccccc1. The molecule has 19 heavy (non-hydrogen) atoms. The second-order valence-electron chi connectivity index (χ2n) is 4.31. The molecule has 0 radical (unpaired) electrons. The van der Waals surface area contributed by atoms with Gasteiger partial charge >= 0.3 is 5.97 Å². The molecule has 1 unspecified atom stereocenters. The number of hydrogen-bond acceptors (Lipinski definition) is 3. The number of amides is 1. The number of hydrogen-bond donors (Lipinski definition) is 1. The second kappa shape index (κ2) is 6.68. The summed E-state index contributed by atoms with van der Waals surface area (Å²) in [5.41, 5.74) is 0.559. The van der Waals surface area contributed by atoms with Gasteiger partial charge in [0, 0.05) is 25.5 Å². The zero-order valence-electron chi connectivity index (χ0n) is 11.0. The van der Waals surface area contributed by atoms with Gasteiger partial charge < -0.3 is 10.0 Å². The maximum atomic E-state index is 11.8. The Hall–Kier alpha value is -2.17. The third-order valence-corrected chi connectivity index (χ3v) is 2.99. The second-order valence-corrected chi connectivity index (χ2v) is 4.31. The Morgan fingerprint density at radius 1 is 1.16 bits per heavy atom. The summed E-state index contributed by atoms with van der Waals surface area (Å²) in [6.07, 6.45) is 0.0986. The van der Waals surface area contributed by atoms with E-state index in [1.807, 2.05) is 6.07 Å². The van der Waals surface area contributed by atoms with Crippen LogP contribution in [0.3, 0.4) is 0 Å². The summed E-state index contributed by atoms with van der Waals surface area (Å²) in [6.45, 7) is 1.43. The summed E-state index contributed by atoms with van der Waals surface area (Å²) in [6, 6.07) is 7.82. The molecule has 0 aliphatic heterocycles. The van der Waals surface area contributed by atoms with Crippen molar-refractivity contribution < 1.29 is 19.5 Å². The lowest BCUT2D eigenvalue weighted by Crippen LogP contribution is -2.40. The number of benzene rings is 1. The standard InChI is InChI=1S/C14H17NO4/c1-10(14(18)19)15(2)13(17)9-8-12(16)11-6-4-3-5-7-11/h3-7,10H,8-9H2,1-2H3,(H,18,19). The number of carboxylic acid groups (broad SMARTS) is 1. The molecule has 0 spiro atoms. The molecule has 5 heteroatoms. The predicted molar refractivity (Wildman–Crippen MR) is 69.9 cm³/mol. The number of ketones is 1. The van der Waals surface area contributed by atoms with Crippen molar-refractivity contribution in [3.05, 3.63) is 35.9 Å². The number of rotatable bonds is 6. The van der Waals surface area contributed by atoms with Gasteiger partial charge in [-0.1, -0.05) is 30.3 Å². The average molecular weight is 263 g/mol. The van der Waals surface area contributed by atoms with Crippen LogP contribution in [0.2, 0.25) is 0 Å². The van der Waals surface area contributed by atoms with E-state index in [0.29, 0.717) is 5.56 Å². The Balaban J connectivity index is 2.51. The molecule has 0 aliphatic rings. The third-order valence-electron chi connectivity index (χ3n) is 2.99. The molecule has 5 nitrogen and oxygen atoms in total. The molecule has 1 aromatic rings. The third kappa shape index (κ3) is 4.21. The van der Waals surface area contributed by atoms with Crippen LogP contribution in [0.5, 0.6) is 0 Å². The fourth-order valence-electron chi connectivity index (χ4n) is 1.55. The monoisotopic (exact) mass is 263 g/mol. The Labute approximate surface area is 111 Å². The van der Waals surface area contributed by atoms with Crippen LogP contribution < -0.4 is 0 Å². The molecule has 0 saturated carbocycles. The van der Waals surface area contributed by atoms with E-state index in [0.717, 1.165) is 4.90 Å². The number of nitrogens with zero attached hydrogens (tertiary/aromatic N) is 1. The molecular weight excluding hydrogens is 246 g/mol. The maximum absolute atomic E-state index is 11.8. The lowest BCUT2D eigenvalue weighted by molar-refractivity contribution is -0.148. The van der Waals surface area contributed by atoms with Crippen LogP contribution in [0.15, 0.2) is 30.3 Å². The summed E-state index contributed by atoms with van der Waals surface area (Å²) >= 11 is 0. The molecular formula is C14H17NO4. The molecule has 0 saturated heterocycles. The van der Waals surface area contributed by atoms with Gasteiger partial charge in [-0.15, -0.1) is 0 Å². The minimum Gasteiger partial charge on any atom is -0.480 e. The lowest BCUT2D eigenvalue weighted by atomic mass is 10.1. The number of aliphatic carboxylic acids is 1. The average Bonchev–Trinajstić information content (AvgIpc) is 2.43. The minimum absolute atomic E-state index is 0.0157. The minimum atomic E-state index is -1.06. The first-order valence-corrected chi connectivity index (χ1v) is 6.00. The largest absolute Gasteiger partial charge is 0.480 e. The van der Waals surface area contributed by atoms with Gasteiger partial charge in [-0.05, 0) is 6.92 Å². The summed E-state index contributed by atoms with van der Waals surface area (Å²) in [5.74, 6) is -1.53. The van der Waals surface area contributed by atoms with Gasteiger partial charge in [0.05, 0.1) is 0 Å². The van der Waals surface area contributed by atoms with Crippen molar-refractivity contribution >= 4 is 17.7 Å². The fourth-order valence-corrected chi connectivity index (χ4v) is 1.55.